The number of hydrogen-bond acceptors (Lipinski definition) is 3. The van der Waals surface area contributed by atoms with Gasteiger partial charge in [0, 0.05) is 47.5 Å². The minimum absolute atomic E-state index is 0.0777. The first-order valence-electron chi connectivity index (χ1n) is 9.70. The van der Waals surface area contributed by atoms with Crippen molar-refractivity contribution in [2.24, 2.45) is 0 Å². The molecule has 0 saturated carbocycles. The summed E-state index contributed by atoms with van der Waals surface area (Å²) in [5.74, 6) is 1.13. The fourth-order valence-corrected chi connectivity index (χ4v) is 4.78. The van der Waals surface area contributed by atoms with E-state index in [2.05, 4.69) is 54.9 Å². The molecular formula is C22H26N4OS. The van der Waals surface area contributed by atoms with Gasteiger partial charge in [-0.1, -0.05) is 0 Å². The molecule has 0 bridgehead atoms. The molecular weight excluding hydrogens is 368 g/mol. The Morgan fingerprint density at radius 2 is 2.11 bits per heavy atom. The summed E-state index contributed by atoms with van der Waals surface area (Å²) in [7, 11) is 0. The molecule has 5 nitrogen and oxygen atoms in total. The van der Waals surface area contributed by atoms with Crippen molar-refractivity contribution in [2.75, 3.05) is 6.54 Å². The van der Waals surface area contributed by atoms with Gasteiger partial charge < -0.3 is 9.47 Å². The second-order valence-corrected chi connectivity index (χ2v) is 8.60. The Bertz CT molecular complexity index is 1040. The first-order chi connectivity index (χ1) is 13.5. The third-order valence-corrected chi connectivity index (χ3v) is 6.39. The Hall–Kier alpha value is -2.60. The van der Waals surface area contributed by atoms with E-state index in [0.29, 0.717) is 6.54 Å². The van der Waals surface area contributed by atoms with Crippen molar-refractivity contribution < 1.29 is 4.79 Å². The molecule has 3 aromatic heterocycles. The molecule has 6 heteroatoms. The highest BCUT2D eigenvalue weighted by molar-refractivity contribution is 7.10. The van der Waals surface area contributed by atoms with Crippen molar-refractivity contribution in [2.45, 2.75) is 46.7 Å². The van der Waals surface area contributed by atoms with E-state index in [4.69, 9.17) is 0 Å². The van der Waals surface area contributed by atoms with Gasteiger partial charge in [-0.2, -0.15) is 5.10 Å². The zero-order valence-corrected chi connectivity index (χ0v) is 17.7. The SMILES string of the molecule is Cc1cc(/C=C/C(=O)N2CCc3sccc3C2)c(C)n1-c1ccnn1C(C)C. The number of carbonyl (C=O) groups excluding carboxylic acids is 1. The van der Waals surface area contributed by atoms with Crippen LogP contribution in [0.3, 0.4) is 0 Å². The van der Waals surface area contributed by atoms with Crippen molar-refractivity contribution in [1.82, 2.24) is 19.2 Å². The topological polar surface area (TPSA) is 43.1 Å². The monoisotopic (exact) mass is 394 g/mol. The number of amides is 1. The molecule has 0 radical (unpaired) electrons. The predicted molar refractivity (Wildman–Crippen MR) is 114 cm³/mol. The lowest BCUT2D eigenvalue weighted by Gasteiger charge is -2.25. The summed E-state index contributed by atoms with van der Waals surface area (Å²) in [6.45, 7) is 9.95. The summed E-state index contributed by atoms with van der Waals surface area (Å²) < 4.78 is 4.22. The summed E-state index contributed by atoms with van der Waals surface area (Å²) >= 11 is 1.79. The molecule has 1 aliphatic heterocycles. The maximum absolute atomic E-state index is 12.7. The number of hydrogen-bond donors (Lipinski definition) is 0. The fourth-order valence-electron chi connectivity index (χ4n) is 3.89. The van der Waals surface area contributed by atoms with Crippen molar-refractivity contribution >= 4 is 23.3 Å². The van der Waals surface area contributed by atoms with Crippen LogP contribution in [0.25, 0.3) is 11.9 Å². The second-order valence-electron chi connectivity index (χ2n) is 7.60. The normalized spacial score (nSPS) is 14.2. The van der Waals surface area contributed by atoms with Gasteiger partial charge in [-0.3, -0.25) is 4.79 Å². The highest BCUT2D eigenvalue weighted by Gasteiger charge is 2.20. The molecule has 4 rings (SSSR count). The van der Waals surface area contributed by atoms with Crippen LogP contribution in [0.1, 0.15) is 47.3 Å². The van der Waals surface area contributed by atoms with Gasteiger partial charge in [0.2, 0.25) is 5.91 Å². The maximum atomic E-state index is 12.7. The van der Waals surface area contributed by atoms with Crippen molar-refractivity contribution in [1.29, 1.82) is 0 Å². The van der Waals surface area contributed by atoms with E-state index in [1.807, 2.05) is 27.9 Å². The van der Waals surface area contributed by atoms with E-state index >= 15 is 0 Å². The van der Waals surface area contributed by atoms with Crippen LogP contribution in [0.4, 0.5) is 0 Å². The van der Waals surface area contributed by atoms with Crippen LogP contribution in [0, 0.1) is 13.8 Å². The fraction of sp³-hybridized carbons (Fsp3) is 0.364. The van der Waals surface area contributed by atoms with E-state index in [0.717, 1.165) is 35.7 Å². The lowest BCUT2D eigenvalue weighted by molar-refractivity contribution is -0.126. The molecule has 0 spiro atoms. The Morgan fingerprint density at radius 3 is 2.89 bits per heavy atom. The molecule has 1 amide bonds. The van der Waals surface area contributed by atoms with Gasteiger partial charge in [-0.15, -0.1) is 11.3 Å². The lowest BCUT2D eigenvalue weighted by atomic mass is 10.1. The zero-order chi connectivity index (χ0) is 19.8. The van der Waals surface area contributed by atoms with Gasteiger partial charge in [0.15, 0.2) is 0 Å². The molecule has 0 aliphatic carbocycles. The predicted octanol–water partition coefficient (Wildman–Crippen LogP) is 4.53. The van der Waals surface area contributed by atoms with E-state index in [-0.39, 0.29) is 11.9 Å². The molecule has 0 unspecified atom stereocenters. The number of rotatable bonds is 4. The molecule has 0 saturated heterocycles. The Kier molecular flexibility index (Phi) is 4.98. The molecule has 0 aromatic carbocycles. The van der Waals surface area contributed by atoms with E-state index in [1.165, 1.54) is 10.4 Å². The first-order valence-corrected chi connectivity index (χ1v) is 10.6. The average molecular weight is 395 g/mol. The maximum Gasteiger partial charge on any atom is 0.246 e. The number of fused-ring (bicyclic) bond motifs is 1. The lowest BCUT2D eigenvalue weighted by Crippen LogP contribution is -2.34. The standard InChI is InChI=1S/C22H26N4OS/c1-15(2)26-21(7-10-23-26)25-16(3)13-18(17(25)4)5-6-22(27)24-11-8-20-19(14-24)9-12-28-20/h5-7,9-10,12-13,15H,8,11,14H2,1-4H3/b6-5+. The Morgan fingerprint density at radius 1 is 1.29 bits per heavy atom. The largest absolute Gasteiger partial charge is 0.334 e. The summed E-state index contributed by atoms with van der Waals surface area (Å²) in [5.41, 5.74) is 4.60. The van der Waals surface area contributed by atoms with E-state index < -0.39 is 0 Å². The first kappa shape index (κ1) is 18.7. The van der Waals surface area contributed by atoms with Crippen LogP contribution in [0.2, 0.25) is 0 Å². The number of aromatic nitrogens is 3. The molecule has 28 heavy (non-hydrogen) atoms. The minimum atomic E-state index is 0.0777. The van der Waals surface area contributed by atoms with Crippen LogP contribution in [0.5, 0.6) is 0 Å². The number of thiophene rings is 1. The van der Waals surface area contributed by atoms with Crippen molar-refractivity contribution in [3.8, 4) is 5.82 Å². The van der Waals surface area contributed by atoms with Crippen LogP contribution < -0.4 is 0 Å². The Labute approximate surface area is 169 Å². The second kappa shape index (κ2) is 7.43. The van der Waals surface area contributed by atoms with Gasteiger partial charge in [0.05, 0.1) is 6.20 Å². The summed E-state index contributed by atoms with van der Waals surface area (Å²) in [4.78, 5) is 16.0. The van der Waals surface area contributed by atoms with Crippen LogP contribution in [-0.4, -0.2) is 31.7 Å². The highest BCUT2D eigenvalue weighted by Crippen LogP contribution is 2.25. The highest BCUT2D eigenvalue weighted by atomic mass is 32.1. The van der Waals surface area contributed by atoms with Crippen LogP contribution >= 0.6 is 11.3 Å². The minimum Gasteiger partial charge on any atom is -0.334 e. The quantitative estimate of drug-likeness (QED) is 0.610. The molecule has 0 atom stereocenters. The van der Waals surface area contributed by atoms with Gasteiger partial charge in [-0.05, 0) is 68.8 Å². The smallest absolute Gasteiger partial charge is 0.246 e. The van der Waals surface area contributed by atoms with Crippen LogP contribution in [-0.2, 0) is 17.8 Å². The number of aryl methyl sites for hydroxylation is 1. The average Bonchev–Trinajstić information content (AvgIpc) is 3.38. The zero-order valence-electron chi connectivity index (χ0n) is 16.8. The van der Waals surface area contributed by atoms with Crippen LogP contribution in [0.15, 0.2) is 35.9 Å². The van der Waals surface area contributed by atoms with E-state index in [1.54, 1.807) is 17.4 Å². The molecule has 0 fully saturated rings. The molecule has 146 valence electrons. The third-order valence-electron chi connectivity index (χ3n) is 5.36. The molecule has 4 heterocycles. The molecule has 0 N–H and O–H groups in total. The van der Waals surface area contributed by atoms with Gasteiger partial charge >= 0.3 is 0 Å². The van der Waals surface area contributed by atoms with Gasteiger partial charge in [0.25, 0.3) is 0 Å². The number of nitrogens with zero attached hydrogens (tertiary/aromatic N) is 4. The van der Waals surface area contributed by atoms with Gasteiger partial charge in [-0.25, -0.2) is 4.68 Å². The Balaban J connectivity index is 1.56. The van der Waals surface area contributed by atoms with Crippen molar-refractivity contribution in [3.05, 3.63) is 63.2 Å². The van der Waals surface area contributed by atoms with Crippen molar-refractivity contribution in [3.63, 3.8) is 0 Å². The molecule has 3 aromatic rings. The summed E-state index contributed by atoms with van der Waals surface area (Å²) in [6.07, 6.45) is 6.45. The van der Waals surface area contributed by atoms with Gasteiger partial charge in [0.1, 0.15) is 5.82 Å². The third kappa shape index (κ3) is 3.33. The summed E-state index contributed by atoms with van der Waals surface area (Å²) in [6, 6.07) is 6.58. The molecule has 1 aliphatic rings. The summed E-state index contributed by atoms with van der Waals surface area (Å²) in [5, 5.41) is 6.57. The number of carbonyl (C=O) groups is 1. The van der Waals surface area contributed by atoms with E-state index in [9.17, 15) is 4.79 Å².